The molecule has 1 unspecified atom stereocenters. The van der Waals surface area contributed by atoms with Gasteiger partial charge < -0.3 is 10.1 Å². The molecule has 3 nitrogen and oxygen atoms in total. The Kier molecular flexibility index (Phi) is 4.10. The number of aryl methyl sites for hydroxylation is 1. The highest BCUT2D eigenvalue weighted by Gasteiger charge is 2.23. The van der Waals surface area contributed by atoms with E-state index in [-0.39, 0.29) is 12.8 Å². The van der Waals surface area contributed by atoms with Crippen LogP contribution < -0.4 is 0 Å². The Morgan fingerprint density at radius 2 is 1.96 bits per heavy atom. The van der Waals surface area contributed by atoms with Gasteiger partial charge in [-0.1, -0.05) is 24.3 Å². The zero-order valence-corrected chi connectivity index (χ0v) is 12.2. The molecule has 2 aromatic carbocycles. The van der Waals surface area contributed by atoms with E-state index < -0.39 is 23.5 Å². The molecule has 2 N–H and O–H groups in total. The van der Waals surface area contributed by atoms with Gasteiger partial charge in [0.25, 0.3) is 0 Å². The number of aromatic amines is 1. The number of carbonyl (C=O) groups is 1. The second-order valence-electron chi connectivity index (χ2n) is 5.45. The summed E-state index contributed by atoms with van der Waals surface area (Å²) in [5, 5.41) is 10.4. The van der Waals surface area contributed by atoms with Crippen LogP contribution in [-0.2, 0) is 11.2 Å². The summed E-state index contributed by atoms with van der Waals surface area (Å²) in [6.07, 6.45) is 2.15. The first kappa shape index (κ1) is 15.2. The predicted octanol–water partition coefficient (Wildman–Crippen LogP) is 4.25. The fourth-order valence-corrected chi connectivity index (χ4v) is 2.82. The Labute approximate surface area is 131 Å². The summed E-state index contributed by atoms with van der Waals surface area (Å²) in [4.78, 5) is 14.7. The highest BCUT2D eigenvalue weighted by atomic mass is 19.1. The molecular weight excluding hydrogens is 300 g/mol. The van der Waals surface area contributed by atoms with Gasteiger partial charge in [-0.3, -0.25) is 4.79 Å². The molecule has 3 rings (SSSR count). The van der Waals surface area contributed by atoms with Gasteiger partial charge in [-0.15, -0.1) is 0 Å². The molecule has 3 aromatic rings. The summed E-state index contributed by atoms with van der Waals surface area (Å²) in [5.41, 5.74) is 1.86. The van der Waals surface area contributed by atoms with E-state index in [1.165, 1.54) is 12.1 Å². The Hall–Kier alpha value is -2.69. The number of H-pyrrole nitrogens is 1. The Bertz CT molecular complexity index is 857. The summed E-state index contributed by atoms with van der Waals surface area (Å²) in [6, 6.07) is 10.8. The normalized spacial score (nSPS) is 12.4. The van der Waals surface area contributed by atoms with E-state index in [0.717, 1.165) is 17.0 Å². The van der Waals surface area contributed by atoms with Crippen LogP contribution in [0.4, 0.5) is 8.78 Å². The Morgan fingerprint density at radius 3 is 2.70 bits per heavy atom. The molecule has 0 radical (unpaired) electrons. The minimum Gasteiger partial charge on any atom is -0.481 e. The van der Waals surface area contributed by atoms with Crippen LogP contribution in [0.25, 0.3) is 10.9 Å². The van der Waals surface area contributed by atoms with Crippen molar-refractivity contribution in [1.29, 1.82) is 0 Å². The largest absolute Gasteiger partial charge is 0.481 e. The number of aliphatic carboxylic acids is 1. The molecule has 23 heavy (non-hydrogen) atoms. The number of benzene rings is 2. The van der Waals surface area contributed by atoms with Crippen LogP contribution in [0.15, 0.2) is 48.7 Å². The van der Waals surface area contributed by atoms with E-state index >= 15 is 0 Å². The molecule has 0 amide bonds. The first-order chi connectivity index (χ1) is 11.1. The summed E-state index contributed by atoms with van der Waals surface area (Å²) >= 11 is 0. The molecule has 0 fully saturated rings. The van der Waals surface area contributed by atoms with Gasteiger partial charge in [-0.2, -0.15) is 0 Å². The zero-order chi connectivity index (χ0) is 16.4. The lowest BCUT2D eigenvalue weighted by Crippen LogP contribution is -2.12. The minimum absolute atomic E-state index is 0.225. The van der Waals surface area contributed by atoms with Crippen molar-refractivity contribution in [1.82, 2.24) is 4.98 Å². The predicted molar refractivity (Wildman–Crippen MR) is 83.4 cm³/mol. The van der Waals surface area contributed by atoms with Crippen LogP contribution in [0.5, 0.6) is 0 Å². The van der Waals surface area contributed by atoms with Gasteiger partial charge in [0.1, 0.15) is 11.6 Å². The van der Waals surface area contributed by atoms with Crippen LogP contribution >= 0.6 is 0 Å². The highest BCUT2D eigenvalue weighted by molar-refractivity contribution is 5.89. The zero-order valence-electron chi connectivity index (χ0n) is 12.2. The van der Waals surface area contributed by atoms with Crippen molar-refractivity contribution in [3.05, 3.63) is 71.4 Å². The fraction of sp³-hybridized carbons (Fsp3) is 0.167. The van der Waals surface area contributed by atoms with Gasteiger partial charge in [-0.25, -0.2) is 8.78 Å². The van der Waals surface area contributed by atoms with E-state index in [2.05, 4.69) is 4.98 Å². The molecule has 5 heteroatoms. The molecule has 0 aliphatic rings. The smallest absolute Gasteiger partial charge is 0.311 e. The van der Waals surface area contributed by atoms with Crippen LogP contribution in [0.3, 0.4) is 0 Å². The van der Waals surface area contributed by atoms with E-state index in [9.17, 15) is 18.7 Å². The molecule has 0 bridgehead atoms. The molecule has 0 aliphatic heterocycles. The average molecular weight is 315 g/mol. The number of nitrogens with one attached hydrogen (secondary N) is 1. The van der Waals surface area contributed by atoms with Crippen molar-refractivity contribution in [3.63, 3.8) is 0 Å². The number of fused-ring (bicyclic) bond motifs is 1. The third-order valence-corrected chi connectivity index (χ3v) is 4.01. The second kappa shape index (κ2) is 6.20. The van der Waals surface area contributed by atoms with E-state index in [0.29, 0.717) is 11.1 Å². The monoisotopic (exact) mass is 315 g/mol. The maximum absolute atomic E-state index is 13.7. The van der Waals surface area contributed by atoms with Gasteiger partial charge in [0, 0.05) is 23.2 Å². The maximum atomic E-state index is 13.7. The minimum atomic E-state index is -0.961. The third kappa shape index (κ3) is 3.08. The van der Waals surface area contributed by atoms with Crippen molar-refractivity contribution in [2.24, 2.45) is 0 Å². The molecule has 0 saturated heterocycles. The summed E-state index contributed by atoms with van der Waals surface area (Å²) in [5.74, 6) is -3.00. The number of aromatic nitrogens is 1. The Balaban J connectivity index is 1.86. The highest BCUT2D eigenvalue weighted by Crippen LogP contribution is 2.29. The number of carboxylic acid groups (broad SMARTS) is 1. The lowest BCUT2D eigenvalue weighted by molar-refractivity contribution is -0.138. The maximum Gasteiger partial charge on any atom is 0.311 e. The molecular formula is C18H15F2NO2. The summed E-state index contributed by atoms with van der Waals surface area (Å²) in [7, 11) is 0. The van der Waals surface area contributed by atoms with Gasteiger partial charge in [0.15, 0.2) is 0 Å². The van der Waals surface area contributed by atoms with Crippen molar-refractivity contribution < 1.29 is 18.7 Å². The number of rotatable bonds is 5. The van der Waals surface area contributed by atoms with Gasteiger partial charge in [-0.05, 0) is 36.1 Å². The van der Waals surface area contributed by atoms with Gasteiger partial charge in [0.05, 0.1) is 5.92 Å². The first-order valence-electron chi connectivity index (χ1n) is 7.29. The molecule has 1 atom stereocenters. The lowest BCUT2D eigenvalue weighted by Gasteiger charge is -2.12. The van der Waals surface area contributed by atoms with Crippen LogP contribution in [0, 0.1) is 11.6 Å². The van der Waals surface area contributed by atoms with Gasteiger partial charge >= 0.3 is 5.97 Å². The summed E-state index contributed by atoms with van der Waals surface area (Å²) in [6.45, 7) is 0. The van der Waals surface area contributed by atoms with E-state index in [1.807, 2.05) is 24.3 Å². The fourth-order valence-electron chi connectivity index (χ4n) is 2.82. The third-order valence-electron chi connectivity index (χ3n) is 4.01. The second-order valence-corrected chi connectivity index (χ2v) is 5.45. The first-order valence-corrected chi connectivity index (χ1v) is 7.29. The lowest BCUT2D eigenvalue weighted by atomic mass is 9.92. The molecule has 118 valence electrons. The number of para-hydroxylation sites is 1. The van der Waals surface area contributed by atoms with E-state index in [1.54, 1.807) is 6.20 Å². The number of hydrogen-bond donors (Lipinski definition) is 2. The topological polar surface area (TPSA) is 53.1 Å². The van der Waals surface area contributed by atoms with Gasteiger partial charge in [0.2, 0.25) is 0 Å². The molecule has 0 aliphatic carbocycles. The quantitative estimate of drug-likeness (QED) is 0.739. The molecule has 0 saturated carbocycles. The van der Waals surface area contributed by atoms with Crippen molar-refractivity contribution in [3.8, 4) is 0 Å². The SMILES string of the molecule is O=C(O)C(CCc1ccc(F)cc1F)c1c[nH]c2ccccc12. The van der Waals surface area contributed by atoms with Crippen LogP contribution in [0.2, 0.25) is 0 Å². The van der Waals surface area contributed by atoms with Crippen molar-refractivity contribution in [2.45, 2.75) is 18.8 Å². The number of hydrogen-bond acceptors (Lipinski definition) is 1. The number of carboxylic acids is 1. The van der Waals surface area contributed by atoms with Crippen LogP contribution in [0.1, 0.15) is 23.5 Å². The summed E-state index contributed by atoms with van der Waals surface area (Å²) < 4.78 is 26.6. The molecule has 0 spiro atoms. The Morgan fingerprint density at radius 1 is 1.17 bits per heavy atom. The molecule has 1 aromatic heterocycles. The van der Waals surface area contributed by atoms with Crippen molar-refractivity contribution in [2.75, 3.05) is 0 Å². The average Bonchev–Trinajstić information content (AvgIpc) is 2.93. The molecule has 1 heterocycles. The standard InChI is InChI=1S/C18H15F2NO2/c19-12-7-5-11(16(20)9-12)6-8-14(18(22)23)15-10-21-17-4-2-1-3-13(15)17/h1-5,7,9-10,14,21H,6,8H2,(H,22,23). The van der Waals surface area contributed by atoms with Crippen molar-refractivity contribution >= 4 is 16.9 Å². The van der Waals surface area contributed by atoms with Crippen LogP contribution in [-0.4, -0.2) is 16.1 Å². The number of halogens is 2. The van der Waals surface area contributed by atoms with E-state index in [4.69, 9.17) is 0 Å².